The van der Waals surface area contributed by atoms with Crippen LogP contribution in [-0.2, 0) is 24.8 Å². The first-order valence-corrected chi connectivity index (χ1v) is 14.5. The predicted molar refractivity (Wildman–Crippen MR) is 130 cm³/mol. The van der Waals surface area contributed by atoms with E-state index in [1.165, 1.54) is 18.2 Å². The van der Waals surface area contributed by atoms with Crippen molar-refractivity contribution in [2.24, 2.45) is 15.7 Å². The molecule has 186 valence electrons. The molecular weight excluding hydrogens is 480 g/mol. The fraction of sp³-hybridized carbons (Fsp3) is 0.545. The van der Waals surface area contributed by atoms with Crippen LogP contribution in [0, 0.1) is 11.3 Å². The van der Waals surface area contributed by atoms with E-state index in [9.17, 15) is 26.7 Å². The van der Waals surface area contributed by atoms with E-state index in [2.05, 4.69) is 28.3 Å². The number of anilines is 2. The highest BCUT2D eigenvalue weighted by Gasteiger charge is 2.53. The van der Waals surface area contributed by atoms with E-state index in [4.69, 9.17) is 0 Å². The van der Waals surface area contributed by atoms with Gasteiger partial charge in [0.25, 0.3) is 10.0 Å². The molecule has 0 radical (unpaired) electrons. The fourth-order valence-electron chi connectivity index (χ4n) is 4.99. The Morgan fingerprint density at radius 1 is 1.35 bits per heavy atom. The van der Waals surface area contributed by atoms with Gasteiger partial charge in [-0.3, -0.25) is 9.52 Å². The lowest BCUT2D eigenvalue weighted by Gasteiger charge is -2.45. The Morgan fingerprint density at radius 3 is 2.71 bits per heavy atom. The van der Waals surface area contributed by atoms with Gasteiger partial charge >= 0.3 is 0 Å². The number of hydrogen-bond donors (Lipinski definition) is 3. The Hall–Kier alpha value is -2.60. The van der Waals surface area contributed by atoms with Gasteiger partial charge in [0.2, 0.25) is 15.9 Å². The number of hydrogen-bond acceptors (Lipinski definition) is 8. The summed E-state index contributed by atoms with van der Waals surface area (Å²) in [7, 11) is -7.88. The number of nitrogens with one attached hydrogen (secondary N) is 2. The minimum atomic E-state index is -4.28. The highest BCUT2D eigenvalue weighted by Crippen LogP contribution is 2.46. The number of fused-ring (bicyclic) bond motifs is 2. The third kappa shape index (κ3) is 4.28. The number of aliphatic hydroxyl groups excluding tert-OH is 1. The number of sulfonamides is 2. The number of carbonyl (C=O) groups excluding carboxylic acids is 1. The van der Waals surface area contributed by atoms with Crippen LogP contribution in [0.1, 0.15) is 46.5 Å². The molecule has 3 aliphatic heterocycles. The minimum Gasteiger partial charge on any atom is -0.494 e. The molecular formula is C22H30N4O6S2. The van der Waals surface area contributed by atoms with Crippen molar-refractivity contribution in [1.29, 1.82) is 0 Å². The topological polar surface area (TPSA) is 145 Å². The van der Waals surface area contributed by atoms with Crippen LogP contribution in [-0.4, -0.2) is 57.3 Å². The third-order valence-corrected chi connectivity index (χ3v) is 8.66. The maximum atomic E-state index is 13.8. The summed E-state index contributed by atoms with van der Waals surface area (Å²) in [6, 6.07) is 3.82. The molecule has 34 heavy (non-hydrogen) atoms. The number of benzene rings is 1. The first-order valence-electron chi connectivity index (χ1n) is 11.2. The maximum absolute atomic E-state index is 13.8. The Kier molecular flexibility index (Phi) is 5.96. The summed E-state index contributed by atoms with van der Waals surface area (Å²) >= 11 is 0. The van der Waals surface area contributed by atoms with Gasteiger partial charge in [-0.2, -0.15) is 8.42 Å². The minimum absolute atomic E-state index is 0.0715. The van der Waals surface area contributed by atoms with Gasteiger partial charge in [0.05, 0.1) is 17.4 Å². The molecule has 0 amide bonds. The zero-order valence-corrected chi connectivity index (χ0v) is 21.3. The van der Waals surface area contributed by atoms with E-state index in [0.29, 0.717) is 18.9 Å². The second-order valence-corrected chi connectivity index (χ2v) is 13.2. The molecule has 10 nitrogen and oxygen atoms in total. The summed E-state index contributed by atoms with van der Waals surface area (Å²) in [6.45, 7) is 6.63. The van der Waals surface area contributed by atoms with Crippen molar-refractivity contribution in [2.45, 2.75) is 57.4 Å². The summed E-state index contributed by atoms with van der Waals surface area (Å²) in [6.07, 6.45) is 3.98. The summed E-state index contributed by atoms with van der Waals surface area (Å²) in [5.74, 6) is -0.418. The Bertz CT molecular complexity index is 1320. The van der Waals surface area contributed by atoms with E-state index in [1.807, 2.05) is 6.92 Å². The van der Waals surface area contributed by atoms with Crippen LogP contribution in [0.2, 0.25) is 0 Å². The quantitative estimate of drug-likeness (QED) is 0.530. The van der Waals surface area contributed by atoms with Gasteiger partial charge in [-0.15, -0.1) is 4.40 Å². The molecule has 3 heterocycles. The van der Waals surface area contributed by atoms with Gasteiger partial charge in [-0.05, 0) is 49.8 Å². The molecule has 12 heteroatoms. The van der Waals surface area contributed by atoms with Crippen molar-refractivity contribution >= 4 is 43.0 Å². The zero-order valence-electron chi connectivity index (χ0n) is 19.6. The number of Topliss-reactive ketones (excluding diaryl/α,β-unsaturated/α-hetero) is 1. The Morgan fingerprint density at radius 2 is 2.06 bits per heavy atom. The van der Waals surface area contributed by atoms with Crippen molar-refractivity contribution in [2.75, 3.05) is 22.8 Å². The van der Waals surface area contributed by atoms with Crippen LogP contribution in [0.25, 0.3) is 0 Å². The van der Waals surface area contributed by atoms with Crippen LogP contribution in [0.3, 0.4) is 0 Å². The zero-order chi connectivity index (χ0) is 25.1. The molecule has 0 bridgehead atoms. The van der Waals surface area contributed by atoms with Gasteiger partial charge in [0.15, 0.2) is 11.6 Å². The summed E-state index contributed by atoms with van der Waals surface area (Å²) in [5.41, 5.74) is -0.705. The molecule has 0 spiro atoms. The molecule has 0 saturated carbocycles. The lowest BCUT2D eigenvalue weighted by atomic mass is 9.68. The van der Waals surface area contributed by atoms with E-state index < -0.39 is 25.5 Å². The molecule has 0 aromatic heterocycles. The Labute approximate surface area is 200 Å². The predicted octanol–water partition coefficient (Wildman–Crippen LogP) is 2.83. The average Bonchev–Trinajstić information content (AvgIpc) is 3.21. The molecule has 3 aliphatic rings. The fourth-order valence-corrected chi connectivity index (χ4v) is 6.69. The number of rotatable bonds is 6. The number of aliphatic hydroxyl groups is 1. The molecule has 0 aliphatic carbocycles. The molecule has 4 rings (SSSR count). The molecule has 3 N–H and O–H groups in total. The van der Waals surface area contributed by atoms with Gasteiger partial charge in [0.1, 0.15) is 10.5 Å². The van der Waals surface area contributed by atoms with E-state index >= 15 is 0 Å². The highest BCUT2D eigenvalue weighted by atomic mass is 32.2. The highest BCUT2D eigenvalue weighted by molar-refractivity contribution is 7.92. The van der Waals surface area contributed by atoms with Crippen molar-refractivity contribution in [3.8, 4) is 0 Å². The average molecular weight is 511 g/mol. The Balaban J connectivity index is 1.77. The number of ketones is 1. The van der Waals surface area contributed by atoms with E-state index in [0.717, 1.165) is 25.5 Å². The molecule has 2 unspecified atom stereocenters. The molecule has 1 fully saturated rings. The molecule has 1 aromatic rings. The van der Waals surface area contributed by atoms with Crippen LogP contribution in [0.4, 0.5) is 11.4 Å². The summed E-state index contributed by atoms with van der Waals surface area (Å²) in [5, 5.41) is 13.9. The first kappa shape index (κ1) is 24.5. The standard InChI is InChI=1S/C22H30N4O6S2/c1-13(2)9-10-22(3)17-6-5-11-26(17)21(28)18(19(22)27)20-23-15-8-7-14(24-33(4,29)30)12-16(15)34(31,32)25-20/h7-8,12-13,17,24,28H,5-6,9-11H2,1-4H3,(H,23,25). The van der Waals surface area contributed by atoms with Crippen LogP contribution < -0.4 is 10.0 Å². The largest absolute Gasteiger partial charge is 0.494 e. The maximum Gasteiger partial charge on any atom is 0.286 e. The second kappa shape index (κ2) is 8.26. The molecule has 2 atom stereocenters. The van der Waals surface area contributed by atoms with Gasteiger partial charge in [-0.1, -0.05) is 20.8 Å². The van der Waals surface area contributed by atoms with Gasteiger partial charge in [-0.25, -0.2) is 8.42 Å². The van der Waals surface area contributed by atoms with Crippen molar-refractivity contribution < 1.29 is 26.7 Å². The first-order chi connectivity index (χ1) is 15.7. The van der Waals surface area contributed by atoms with Crippen molar-refractivity contribution in [3.63, 3.8) is 0 Å². The monoisotopic (exact) mass is 510 g/mol. The molecule has 1 aromatic carbocycles. The number of nitrogens with zero attached hydrogens (tertiary/aromatic N) is 2. The summed E-state index contributed by atoms with van der Waals surface area (Å²) in [4.78, 5) is 15.4. The van der Waals surface area contributed by atoms with E-state index in [-0.39, 0.29) is 45.4 Å². The second-order valence-electron chi connectivity index (χ2n) is 9.85. The lowest BCUT2D eigenvalue weighted by Crippen LogP contribution is -2.54. The number of carbonyl (C=O) groups is 1. The van der Waals surface area contributed by atoms with Crippen LogP contribution in [0.15, 0.2) is 38.9 Å². The van der Waals surface area contributed by atoms with Gasteiger partial charge < -0.3 is 15.3 Å². The normalized spacial score (nSPS) is 26.1. The lowest BCUT2D eigenvalue weighted by molar-refractivity contribution is -0.130. The van der Waals surface area contributed by atoms with Gasteiger partial charge in [0, 0.05) is 18.3 Å². The summed E-state index contributed by atoms with van der Waals surface area (Å²) < 4.78 is 55.2. The SMILES string of the molecule is CC(C)CCC1(C)C(=O)C(C2=NS(=O)(=O)c3cc(NS(C)(=O)=O)ccc3N2)=C(O)N2CCCC21. The smallest absolute Gasteiger partial charge is 0.286 e. The van der Waals surface area contributed by atoms with Crippen LogP contribution >= 0.6 is 0 Å². The van der Waals surface area contributed by atoms with Crippen LogP contribution in [0.5, 0.6) is 0 Å². The number of amidine groups is 1. The molecule has 1 saturated heterocycles. The van der Waals surface area contributed by atoms with Crippen molar-refractivity contribution in [3.05, 3.63) is 29.7 Å². The van der Waals surface area contributed by atoms with E-state index in [1.54, 1.807) is 4.90 Å². The van der Waals surface area contributed by atoms with Crippen molar-refractivity contribution in [1.82, 2.24) is 4.90 Å². The third-order valence-electron chi connectivity index (χ3n) is 6.73.